The first-order chi connectivity index (χ1) is 8.34. The van der Waals surface area contributed by atoms with Gasteiger partial charge in [0, 0.05) is 5.10 Å². The maximum Gasteiger partial charge on any atom is 0.415 e. The average Bonchev–Trinajstić information content (AvgIpc) is 2.86. The lowest BCUT2D eigenvalue weighted by Crippen LogP contribution is -2.37. The van der Waals surface area contributed by atoms with E-state index in [4.69, 9.17) is 0 Å². The van der Waals surface area contributed by atoms with Gasteiger partial charge in [0.2, 0.25) is 0 Å². The Bertz CT molecular complexity index is 532. The van der Waals surface area contributed by atoms with Gasteiger partial charge >= 0.3 is 5.95 Å². The molecule has 1 aliphatic rings. The number of hydrogen-bond acceptors (Lipinski definition) is 3. The number of anilines is 1. The molecule has 2 aromatic rings. The van der Waals surface area contributed by atoms with Crippen LogP contribution < -0.4 is 9.88 Å². The third-order valence-electron chi connectivity index (χ3n) is 3.50. The van der Waals surface area contributed by atoms with Crippen molar-refractivity contribution >= 4 is 17.0 Å². The largest absolute Gasteiger partial charge is 0.415 e. The van der Waals surface area contributed by atoms with Crippen LogP contribution in [-0.2, 0) is 7.05 Å². The summed E-state index contributed by atoms with van der Waals surface area (Å²) in [6.07, 6.45) is 5.13. The molecule has 1 aromatic carbocycles. The molecule has 0 aliphatic heterocycles. The number of fused-ring (bicyclic) bond motifs is 1. The van der Waals surface area contributed by atoms with Crippen molar-refractivity contribution in [3.05, 3.63) is 24.3 Å². The highest BCUT2D eigenvalue weighted by atomic mass is 15.3. The first kappa shape index (κ1) is 10.4. The fourth-order valence-corrected chi connectivity index (χ4v) is 2.49. The van der Waals surface area contributed by atoms with Crippen LogP contribution in [0.5, 0.6) is 0 Å². The van der Waals surface area contributed by atoms with Crippen LogP contribution in [0.4, 0.5) is 5.95 Å². The number of hydrogen-bond donors (Lipinski definition) is 1. The Labute approximate surface area is 101 Å². The second-order valence-electron chi connectivity index (χ2n) is 4.70. The lowest BCUT2D eigenvalue weighted by molar-refractivity contribution is -0.633. The Hall–Kier alpha value is -1.71. The SMILES string of the molecule is C[n+]1c(NC2CCCC2)nnc2ccccc21. The average molecular weight is 229 g/mol. The molecule has 88 valence electrons. The van der Waals surface area contributed by atoms with Crippen LogP contribution in [0, 0.1) is 0 Å². The zero-order chi connectivity index (χ0) is 11.7. The van der Waals surface area contributed by atoms with Crippen molar-refractivity contribution in [2.45, 2.75) is 31.7 Å². The zero-order valence-corrected chi connectivity index (χ0v) is 10.1. The molecule has 0 radical (unpaired) electrons. The fraction of sp³-hybridized carbons (Fsp3) is 0.462. The van der Waals surface area contributed by atoms with Crippen LogP contribution in [0.2, 0.25) is 0 Å². The van der Waals surface area contributed by atoms with Crippen molar-refractivity contribution in [3.8, 4) is 0 Å². The number of nitrogens with zero attached hydrogens (tertiary/aromatic N) is 3. The summed E-state index contributed by atoms with van der Waals surface area (Å²) in [6.45, 7) is 0. The lowest BCUT2D eigenvalue weighted by Gasteiger charge is -2.08. The minimum atomic E-state index is 0.566. The minimum absolute atomic E-state index is 0.566. The van der Waals surface area contributed by atoms with Gasteiger partial charge < -0.3 is 0 Å². The minimum Gasteiger partial charge on any atom is -0.270 e. The van der Waals surface area contributed by atoms with Crippen LogP contribution in [0.3, 0.4) is 0 Å². The number of rotatable bonds is 2. The molecule has 1 fully saturated rings. The zero-order valence-electron chi connectivity index (χ0n) is 10.1. The van der Waals surface area contributed by atoms with Gasteiger partial charge in [-0.05, 0) is 37.8 Å². The van der Waals surface area contributed by atoms with Gasteiger partial charge in [0.25, 0.3) is 0 Å². The normalized spacial score (nSPS) is 16.5. The molecule has 0 amide bonds. The molecule has 1 N–H and O–H groups in total. The second kappa shape index (κ2) is 4.28. The molecule has 0 spiro atoms. The number of para-hydroxylation sites is 1. The van der Waals surface area contributed by atoms with Crippen LogP contribution in [0.1, 0.15) is 25.7 Å². The van der Waals surface area contributed by atoms with E-state index in [-0.39, 0.29) is 0 Å². The van der Waals surface area contributed by atoms with Crippen molar-refractivity contribution in [3.63, 3.8) is 0 Å². The second-order valence-corrected chi connectivity index (χ2v) is 4.70. The predicted molar refractivity (Wildman–Crippen MR) is 66.6 cm³/mol. The van der Waals surface area contributed by atoms with Gasteiger partial charge in [0.1, 0.15) is 11.0 Å². The van der Waals surface area contributed by atoms with E-state index < -0.39 is 0 Å². The standard InChI is InChI=1S/C13H16N4/c1-17-12-9-5-4-8-11(12)15-16-13(17)14-10-6-2-3-7-10/h4-5,8-10H,2-3,6-7H2,1H3/p+1. The van der Waals surface area contributed by atoms with Gasteiger partial charge in [-0.15, -0.1) is 0 Å². The number of nitrogens with one attached hydrogen (secondary N) is 1. The molecule has 17 heavy (non-hydrogen) atoms. The van der Waals surface area contributed by atoms with E-state index in [2.05, 4.69) is 26.1 Å². The van der Waals surface area contributed by atoms with E-state index >= 15 is 0 Å². The van der Waals surface area contributed by atoms with Crippen molar-refractivity contribution < 1.29 is 4.57 Å². The summed E-state index contributed by atoms with van der Waals surface area (Å²) in [7, 11) is 2.04. The van der Waals surface area contributed by atoms with E-state index in [0.29, 0.717) is 6.04 Å². The first-order valence-corrected chi connectivity index (χ1v) is 6.22. The van der Waals surface area contributed by atoms with E-state index in [1.54, 1.807) is 0 Å². The third-order valence-corrected chi connectivity index (χ3v) is 3.50. The summed E-state index contributed by atoms with van der Waals surface area (Å²) < 4.78 is 2.08. The number of aromatic nitrogens is 3. The molecule has 4 heteroatoms. The smallest absolute Gasteiger partial charge is 0.270 e. The summed E-state index contributed by atoms with van der Waals surface area (Å²) in [5, 5.41) is 12.0. The third kappa shape index (κ3) is 1.95. The van der Waals surface area contributed by atoms with E-state index in [0.717, 1.165) is 17.0 Å². The van der Waals surface area contributed by atoms with Gasteiger partial charge in [0.15, 0.2) is 0 Å². The topological polar surface area (TPSA) is 41.7 Å². The Kier molecular flexibility index (Phi) is 2.63. The Morgan fingerprint density at radius 2 is 1.94 bits per heavy atom. The number of aryl methyl sites for hydroxylation is 1. The van der Waals surface area contributed by atoms with Crippen molar-refractivity contribution in [1.82, 2.24) is 10.2 Å². The van der Waals surface area contributed by atoms with Crippen LogP contribution in [-0.4, -0.2) is 16.2 Å². The van der Waals surface area contributed by atoms with Gasteiger partial charge in [-0.3, -0.25) is 5.32 Å². The number of benzene rings is 1. The van der Waals surface area contributed by atoms with Crippen LogP contribution >= 0.6 is 0 Å². The Morgan fingerprint density at radius 3 is 2.76 bits per heavy atom. The molecule has 0 bridgehead atoms. The Morgan fingerprint density at radius 1 is 1.18 bits per heavy atom. The molecule has 0 saturated heterocycles. The maximum absolute atomic E-state index is 4.27. The molecule has 1 aliphatic carbocycles. The monoisotopic (exact) mass is 229 g/mol. The predicted octanol–water partition coefficient (Wildman–Crippen LogP) is 1.81. The molecule has 3 rings (SSSR count). The molecule has 0 unspecified atom stereocenters. The van der Waals surface area contributed by atoms with Crippen molar-refractivity contribution in [2.75, 3.05) is 5.32 Å². The van der Waals surface area contributed by atoms with E-state index in [9.17, 15) is 0 Å². The highest BCUT2D eigenvalue weighted by Gasteiger charge is 2.22. The van der Waals surface area contributed by atoms with Gasteiger partial charge in [-0.1, -0.05) is 17.2 Å². The van der Waals surface area contributed by atoms with E-state index in [1.807, 2.05) is 25.2 Å². The van der Waals surface area contributed by atoms with E-state index in [1.165, 1.54) is 25.7 Å². The van der Waals surface area contributed by atoms with Gasteiger partial charge in [-0.2, -0.15) is 0 Å². The van der Waals surface area contributed by atoms with Crippen LogP contribution in [0.15, 0.2) is 24.3 Å². The summed E-state index contributed by atoms with van der Waals surface area (Å²) >= 11 is 0. The summed E-state index contributed by atoms with van der Waals surface area (Å²) in [5.41, 5.74) is 2.05. The lowest BCUT2D eigenvalue weighted by atomic mass is 10.2. The quantitative estimate of drug-likeness (QED) is 0.798. The van der Waals surface area contributed by atoms with Crippen LogP contribution in [0.25, 0.3) is 11.0 Å². The molecular weight excluding hydrogens is 212 g/mol. The summed E-state index contributed by atoms with van der Waals surface area (Å²) in [5.74, 6) is 0.871. The van der Waals surface area contributed by atoms with Gasteiger partial charge in [-0.25, -0.2) is 4.57 Å². The van der Waals surface area contributed by atoms with Crippen molar-refractivity contribution in [1.29, 1.82) is 0 Å². The molecular formula is C13H17N4+. The fourth-order valence-electron chi connectivity index (χ4n) is 2.49. The van der Waals surface area contributed by atoms with Gasteiger partial charge in [0.05, 0.1) is 13.1 Å². The highest BCUT2D eigenvalue weighted by Crippen LogP contribution is 2.20. The maximum atomic E-state index is 4.27. The van der Waals surface area contributed by atoms with Crippen molar-refractivity contribution in [2.24, 2.45) is 7.05 Å². The summed E-state index contributed by atoms with van der Waals surface area (Å²) in [6, 6.07) is 8.65. The molecule has 1 heterocycles. The molecule has 1 aromatic heterocycles. The molecule has 1 saturated carbocycles. The highest BCUT2D eigenvalue weighted by molar-refractivity contribution is 5.70. The first-order valence-electron chi connectivity index (χ1n) is 6.22. The molecule has 0 atom stereocenters. The summed E-state index contributed by atoms with van der Waals surface area (Å²) in [4.78, 5) is 0. The Balaban J connectivity index is 1.96. The molecule has 4 nitrogen and oxygen atoms in total.